The summed E-state index contributed by atoms with van der Waals surface area (Å²) in [5.74, 6) is -2.70. The van der Waals surface area contributed by atoms with Crippen molar-refractivity contribution in [3.05, 3.63) is 64.5 Å². The van der Waals surface area contributed by atoms with Gasteiger partial charge in [-0.2, -0.15) is 23.0 Å². The second kappa shape index (κ2) is 18.1. The summed E-state index contributed by atoms with van der Waals surface area (Å²) in [6.07, 6.45) is 0.323. The number of amides is 2. The van der Waals surface area contributed by atoms with Crippen molar-refractivity contribution in [2.45, 2.75) is 177 Å². The number of ketones is 1. The quantitative estimate of drug-likeness (QED) is 0.163. The SMILES string of the molecule is CCOC(=O)n1nc(C(F)(F)F)cc1C(=O)NC(C)(C)C(=O)N[C@@]12CC[C@]3(C)[C@H](CC[C@@H]4[C@@]5(C)CC[C@H](OC(=O)[C@H]6C[C@@H](C(=O)OCc7ccccc7)C6(C)C)C(C)(C)[C@@H]5CC[C@]43C)C1=C(C(C)C)C(=O)C2. The lowest BCUT2D eigenvalue weighted by molar-refractivity contribution is -0.235. The van der Waals surface area contributed by atoms with E-state index < -0.39 is 63.8 Å². The van der Waals surface area contributed by atoms with Crippen molar-refractivity contribution in [1.29, 1.82) is 0 Å². The summed E-state index contributed by atoms with van der Waals surface area (Å²) in [7, 11) is 0. The van der Waals surface area contributed by atoms with Crippen LogP contribution in [0.3, 0.4) is 0 Å². The van der Waals surface area contributed by atoms with Crippen LogP contribution in [0, 0.1) is 62.6 Å². The van der Waals surface area contributed by atoms with Crippen molar-refractivity contribution in [1.82, 2.24) is 20.4 Å². The zero-order valence-corrected chi connectivity index (χ0v) is 44.2. The van der Waals surface area contributed by atoms with Crippen LogP contribution in [0.5, 0.6) is 0 Å². The molecular formula is C56H75F3N4O9. The first-order valence-electron chi connectivity index (χ1n) is 26.1. The second-order valence-electron chi connectivity index (χ2n) is 24.9. The maximum absolute atomic E-state index is 14.6. The first-order valence-corrected chi connectivity index (χ1v) is 26.1. The van der Waals surface area contributed by atoms with Crippen molar-refractivity contribution >= 4 is 35.6 Å². The van der Waals surface area contributed by atoms with Crippen molar-refractivity contribution in [3.8, 4) is 0 Å². The molecule has 5 fully saturated rings. The zero-order chi connectivity index (χ0) is 52.9. The Morgan fingerprint density at radius 3 is 2.11 bits per heavy atom. The molecule has 0 spiro atoms. The topological polar surface area (TPSA) is 172 Å². The van der Waals surface area contributed by atoms with E-state index in [0.717, 1.165) is 61.7 Å². The number of hydrogen-bond donors (Lipinski definition) is 2. The monoisotopic (exact) mass is 1000 g/mol. The third kappa shape index (κ3) is 8.49. The minimum Gasteiger partial charge on any atom is -0.462 e. The van der Waals surface area contributed by atoms with Gasteiger partial charge in [0.15, 0.2) is 11.5 Å². The molecule has 1 aromatic carbocycles. The van der Waals surface area contributed by atoms with E-state index >= 15 is 0 Å². The molecule has 16 heteroatoms. The average molecular weight is 1010 g/mol. The van der Waals surface area contributed by atoms with Crippen LogP contribution in [0.1, 0.15) is 169 Å². The van der Waals surface area contributed by atoms with E-state index in [1.54, 1.807) is 0 Å². The van der Waals surface area contributed by atoms with Gasteiger partial charge in [0.05, 0.1) is 24.0 Å². The number of carbonyl (C=O) groups excluding carboxylic acids is 6. The van der Waals surface area contributed by atoms with Crippen LogP contribution in [0.25, 0.3) is 0 Å². The molecule has 8 rings (SSSR count). The lowest BCUT2D eigenvalue weighted by Gasteiger charge is -2.72. The highest BCUT2D eigenvalue weighted by molar-refractivity contribution is 6.04. The molecule has 394 valence electrons. The van der Waals surface area contributed by atoms with E-state index in [4.69, 9.17) is 14.2 Å². The summed E-state index contributed by atoms with van der Waals surface area (Å²) in [5.41, 5.74) is -3.78. The number of Topliss-reactive ketones (excluding diaryl/α,β-unsaturated/α-hetero) is 1. The van der Waals surface area contributed by atoms with Gasteiger partial charge in [0.2, 0.25) is 5.91 Å². The van der Waals surface area contributed by atoms with Crippen molar-refractivity contribution in [2.75, 3.05) is 6.61 Å². The predicted molar refractivity (Wildman–Crippen MR) is 261 cm³/mol. The number of rotatable bonds is 11. The van der Waals surface area contributed by atoms with E-state index in [-0.39, 0.29) is 87.6 Å². The first-order chi connectivity index (χ1) is 33.4. The molecule has 0 aliphatic heterocycles. The predicted octanol–water partition coefficient (Wildman–Crippen LogP) is 10.6. The first kappa shape index (κ1) is 53.3. The van der Waals surface area contributed by atoms with Crippen molar-refractivity contribution in [3.63, 3.8) is 0 Å². The standard InChI is InChI=1S/C56H75F3N4O9/c1-13-70-48(69)63-36(28-40(62-63)56(57,58)59)44(65)60-51(8,9)47(68)61-55-26-25-53(11)33(43(55)42(31(2)3)37(64)29-55)19-20-39-52(10)23-22-41(50(6,7)38(52)21-24-54(39,53)12)72-46(67)35-27-34(49(35,4)5)45(66)71-30-32-17-15-14-16-18-32/h14-18,28,31,33-35,38-39,41H,13,19-27,29-30H2,1-12H3,(H,60,65)(H,61,68)/t33-,34+,35-,38+,39-,41+,52+,53-,54-,55-/m1/s1. The smallest absolute Gasteiger partial charge is 0.435 e. The number of esters is 2. The lowest BCUT2D eigenvalue weighted by Crippen LogP contribution is -2.68. The normalized spacial score (nSPS) is 33.6. The van der Waals surface area contributed by atoms with Gasteiger partial charge in [-0.3, -0.25) is 24.0 Å². The number of benzene rings is 1. The van der Waals surface area contributed by atoms with E-state index in [2.05, 4.69) is 50.4 Å². The fourth-order valence-electron chi connectivity index (χ4n) is 15.5. The highest BCUT2D eigenvalue weighted by Gasteiger charge is 2.71. The largest absolute Gasteiger partial charge is 0.462 e. The maximum atomic E-state index is 14.6. The number of fused-ring (bicyclic) bond motifs is 7. The fraction of sp³-hybridized carbons (Fsp3) is 0.696. The number of nitrogens with one attached hydrogen (secondary N) is 2. The van der Waals surface area contributed by atoms with Crippen molar-refractivity contribution < 1.29 is 56.1 Å². The summed E-state index contributed by atoms with van der Waals surface area (Å²) in [6.45, 7) is 24.1. The molecule has 2 aromatic rings. The molecule has 0 bridgehead atoms. The van der Waals surface area contributed by atoms with Gasteiger partial charge in [0.25, 0.3) is 5.91 Å². The minimum absolute atomic E-state index is 0.0224. The molecule has 6 aliphatic rings. The van der Waals surface area contributed by atoms with Gasteiger partial charge in [0.1, 0.15) is 23.9 Å². The number of aromatic nitrogens is 2. The summed E-state index contributed by atoms with van der Waals surface area (Å²) in [6, 6.07) is 10.00. The van der Waals surface area contributed by atoms with Gasteiger partial charge < -0.3 is 24.8 Å². The third-order valence-electron chi connectivity index (χ3n) is 19.7. The Morgan fingerprint density at radius 2 is 1.49 bits per heavy atom. The molecule has 1 heterocycles. The van der Waals surface area contributed by atoms with E-state index in [1.807, 2.05) is 58.0 Å². The summed E-state index contributed by atoms with van der Waals surface area (Å²) >= 11 is 0. The average Bonchev–Trinajstić information content (AvgIpc) is 3.87. The Kier molecular flexibility index (Phi) is 13.4. The molecule has 5 saturated carbocycles. The Morgan fingerprint density at radius 1 is 0.819 bits per heavy atom. The highest BCUT2D eigenvalue weighted by atomic mass is 19.4. The van der Waals surface area contributed by atoms with Gasteiger partial charge >= 0.3 is 24.2 Å². The van der Waals surface area contributed by atoms with Gasteiger partial charge in [-0.15, -0.1) is 0 Å². The van der Waals surface area contributed by atoms with E-state index in [0.29, 0.717) is 24.8 Å². The molecule has 2 amide bonds. The molecule has 13 nitrogen and oxygen atoms in total. The van der Waals surface area contributed by atoms with Gasteiger partial charge in [-0.05, 0) is 141 Å². The van der Waals surface area contributed by atoms with Crippen LogP contribution < -0.4 is 10.6 Å². The Labute approximate surface area is 421 Å². The Hall–Kier alpha value is -5.02. The number of carbonyl (C=O) groups is 6. The van der Waals surface area contributed by atoms with Crippen LogP contribution in [0.15, 0.2) is 47.5 Å². The molecule has 72 heavy (non-hydrogen) atoms. The van der Waals surface area contributed by atoms with E-state index in [1.165, 1.54) is 20.8 Å². The second-order valence-corrected chi connectivity index (χ2v) is 24.9. The van der Waals surface area contributed by atoms with Crippen LogP contribution in [0.2, 0.25) is 0 Å². The summed E-state index contributed by atoms with van der Waals surface area (Å²) in [5, 5.41) is 9.11. The van der Waals surface area contributed by atoms with Crippen LogP contribution in [-0.4, -0.2) is 69.2 Å². The Bertz CT molecular complexity index is 2570. The van der Waals surface area contributed by atoms with Crippen LogP contribution >= 0.6 is 0 Å². The van der Waals surface area contributed by atoms with Gasteiger partial charge in [-0.25, -0.2) is 4.79 Å². The molecule has 6 aliphatic carbocycles. The molecular weight excluding hydrogens is 930 g/mol. The Balaban J connectivity index is 0.985. The zero-order valence-electron chi connectivity index (χ0n) is 44.2. The van der Waals surface area contributed by atoms with Gasteiger partial charge in [-0.1, -0.05) is 92.6 Å². The number of nitrogens with zero attached hydrogens (tertiary/aromatic N) is 2. The fourth-order valence-corrected chi connectivity index (χ4v) is 15.5. The number of halogens is 3. The maximum Gasteiger partial charge on any atom is 0.435 e. The number of allylic oxidation sites excluding steroid dienone is 1. The molecule has 0 radical (unpaired) electrons. The van der Waals surface area contributed by atoms with Gasteiger partial charge in [0, 0.05) is 17.9 Å². The van der Waals surface area contributed by atoms with Crippen molar-refractivity contribution in [2.24, 2.45) is 62.6 Å². The summed E-state index contributed by atoms with van der Waals surface area (Å²) < 4.78 is 58.6. The molecule has 2 N–H and O–H groups in total. The number of hydrogen-bond acceptors (Lipinski definition) is 10. The molecule has 0 unspecified atom stereocenters. The molecule has 1 aromatic heterocycles. The van der Waals surface area contributed by atoms with E-state index in [9.17, 15) is 41.9 Å². The third-order valence-corrected chi connectivity index (χ3v) is 19.7. The lowest BCUT2D eigenvalue weighted by atomic mass is 9.33. The molecule has 10 atom stereocenters. The highest BCUT2D eigenvalue weighted by Crippen LogP contribution is 2.76. The summed E-state index contributed by atoms with van der Waals surface area (Å²) in [4.78, 5) is 82.5. The number of alkyl halides is 3. The van der Waals surface area contributed by atoms with Crippen LogP contribution in [-0.2, 0) is 46.2 Å². The molecule has 0 saturated heterocycles. The number of ether oxygens (including phenoxy) is 3. The minimum atomic E-state index is -4.97. The van der Waals surface area contributed by atoms with Crippen LogP contribution in [0.4, 0.5) is 18.0 Å².